The Hall–Kier alpha value is -0.730. The second-order valence-electron chi connectivity index (χ2n) is 4.19. The molecule has 116 valence electrons. The zero-order chi connectivity index (χ0) is 15.7. The van der Waals surface area contributed by atoms with E-state index >= 15 is 0 Å². The maximum absolute atomic E-state index is 13.0. The molecular weight excluding hydrogens is 244 g/mol. The monoisotopic (exact) mass is 277 g/mol. The molecule has 0 saturated heterocycles. The summed E-state index contributed by atoms with van der Waals surface area (Å²) in [5.41, 5.74) is 0.0133. The topological polar surface area (TPSA) is 12.4 Å². The molecule has 0 rings (SSSR count). The fourth-order valence-electron chi connectivity index (χ4n) is 1.54. The Kier molecular flexibility index (Phi) is 21.2. The Labute approximate surface area is 119 Å². The van der Waals surface area contributed by atoms with Crippen LogP contribution in [0.1, 0.15) is 72.6 Å². The summed E-state index contributed by atoms with van der Waals surface area (Å²) in [6, 6.07) is 0. The predicted octanol–water partition coefficient (Wildman–Crippen LogP) is 6.29. The number of hydrogen-bond donors (Lipinski definition) is 0. The third-order valence-electron chi connectivity index (χ3n) is 2.55. The largest absolute Gasteiger partial charge is 0.291 e. The average molecular weight is 277 g/mol. The van der Waals surface area contributed by atoms with E-state index in [1.807, 2.05) is 0 Å². The van der Waals surface area contributed by atoms with Gasteiger partial charge in [-0.1, -0.05) is 59.8 Å². The Morgan fingerprint density at radius 3 is 1.58 bits per heavy atom. The molecule has 0 unspecified atom stereocenters. The minimum absolute atomic E-state index is 0.0133. The summed E-state index contributed by atoms with van der Waals surface area (Å²) >= 11 is 0. The SMILES string of the molecule is C=C.CCCC(F)(F)C(CC)=NC.CCCCCC. The molecule has 0 aliphatic rings. The molecule has 19 heavy (non-hydrogen) atoms. The zero-order valence-corrected chi connectivity index (χ0v) is 13.6. The fraction of sp³-hybridized carbons (Fsp3) is 0.812. The minimum Gasteiger partial charge on any atom is -0.291 e. The zero-order valence-electron chi connectivity index (χ0n) is 13.6. The second-order valence-corrected chi connectivity index (χ2v) is 4.19. The van der Waals surface area contributed by atoms with Gasteiger partial charge in [-0.3, -0.25) is 4.99 Å². The molecule has 0 aromatic carbocycles. The third-order valence-corrected chi connectivity index (χ3v) is 2.55. The van der Waals surface area contributed by atoms with Crippen LogP contribution in [0.5, 0.6) is 0 Å². The molecule has 0 aromatic heterocycles. The van der Waals surface area contributed by atoms with E-state index in [4.69, 9.17) is 0 Å². The molecule has 0 radical (unpaired) electrons. The van der Waals surface area contributed by atoms with E-state index in [-0.39, 0.29) is 12.1 Å². The van der Waals surface area contributed by atoms with Crippen molar-refractivity contribution in [3.63, 3.8) is 0 Å². The van der Waals surface area contributed by atoms with Gasteiger partial charge in [0.25, 0.3) is 5.92 Å². The van der Waals surface area contributed by atoms with E-state index in [0.29, 0.717) is 12.8 Å². The van der Waals surface area contributed by atoms with E-state index in [9.17, 15) is 8.78 Å². The first kappa shape index (κ1) is 23.4. The van der Waals surface area contributed by atoms with Crippen LogP contribution in [0.2, 0.25) is 0 Å². The maximum atomic E-state index is 13.0. The lowest BCUT2D eigenvalue weighted by Crippen LogP contribution is -2.27. The smallest absolute Gasteiger partial charge is 0.285 e. The van der Waals surface area contributed by atoms with E-state index in [1.54, 1.807) is 13.8 Å². The average Bonchev–Trinajstić information content (AvgIpc) is 2.40. The molecule has 0 bridgehead atoms. The Morgan fingerprint density at radius 1 is 0.947 bits per heavy atom. The van der Waals surface area contributed by atoms with Gasteiger partial charge < -0.3 is 0 Å². The summed E-state index contributed by atoms with van der Waals surface area (Å²) in [4.78, 5) is 3.56. The molecule has 1 nitrogen and oxygen atoms in total. The van der Waals surface area contributed by atoms with Crippen LogP contribution in [0.4, 0.5) is 8.78 Å². The van der Waals surface area contributed by atoms with Crippen molar-refractivity contribution in [2.45, 2.75) is 78.6 Å². The molecule has 0 aromatic rings. The van der Waals surface area contributed by atoms with Gasteiger partial charge in [0, 0.05) is 13.5 Å². The van der Waals surface area contributed by atoms with Crippen LogP contribution in [-0.4, -0.2) is 18.7 Å². The van der Waals surface area contributed by atoms with Gasteiger partial charge in [-0.05, 0) is 6.42 Å². The van der Waals surface area contributed by atoms with Crippen LogP contribution in [0.25, 0.3) is 0 Å². The number of halogens is 2. The molecular formula is C16H33F2N. The molecule has 0 aliphatic carbocycles. The van der Waals surface area contributed by atoms with Gasteiger partial charge >= 0.3 is 0 Å². The van der Waals surface area contributed by atoms with Crippen LogP contribution in [-0.2, 0) is 0 Å². The Bertz CT molecular complexity index is 197. The Morgan fingerprint density at radius 2 is 1.37 bits per heavy atom. The normalized spacial score (nSPS) is 11.0. The van der Waals surface area contributed by atoms with Gasteiger partial charge in [0.2, 0.25) is 0 Å². The molecule has 0 aliphatic heterocycles. The highest BCUT2D eigenvalue weighted by Gasteiger charge is 2.32. The number of rotatable bonds is 7. The van der Waals surface area contributed by atoms with E-state index in [2.05, 4.69) is 32.0 Å². The van der Waals surface area contributed by atoms with Gasteiger partial charge in [0.15, 0.2) is 0 Å². The standard InChI is InChI=1S/C8H15F2N.C6H14.C2H4/c1-4-6-8(9,10)7(5-2)11-3;1-3-5-6-4-2;1-2/h4-6H2,1-3H3;3-6H2,1-2H3;1-2H2. The van der Waals surface area contributed by atoms with E-state index < -0.39 is 5.92 Å². The lowest BCUT2D eigenvalue weighted by molar-refractivity contribution is 0.0652. The lowest BCUT2D eigenvalue weighted by Gasteiger charge is -2.16. The van der Waals surface area contributed by atoms with Crippen LogP contribution >= 0.6 is 0 Å². The molecule has 3 heteroatoms. The van der Waals surface area contributed by atoms with Crippen molar-refractivity contribution < 1.29 is 8.78 Å². The van der Waals surface area contributed by atoms with Crippen molar-refractivity contribution >= 4 is 5.71 Å². The molecule has 0 saturated carbocycles. The number of aliphatic imine (C=N–C) groups is 1. The van der Waals surface area contributed by atoms with Crippen LogP contribution in [0, 0.1) is 0 Å². The predicted molar refractivity (Wildman–Crippen MR) is 84.6 cm³/mol. The Balaban J connectivity index is -0.000000271. The van der Waals surface area contributed by atoms with Crippen molar-refractivity contribution in [2.24, 2.45) is 4.99 Å². The van der Waals surface area contributed by atoms with Crippen LogP contribution in [0.3, 0.4) is 0 Å². The molecule has 0 atom stereocenters. The van der Waals surface area contributed by atoms with E-state index in [0.717, 1.165) is 0 Å². The highest BCUT2D eigenvalue weighted by Crippen LogP contribution is 2.23. The first-order valence-electron chi connectivity index (χ1n) is 7.33. The number of nitrogens with zero attached hydrogens (tertiary/aromatic N) is 1. The quantitative estimate of drug-likeness (QED) is 0.294. The summed E-state index contributed by atoms with van der Waals surface area (Å²) in [5, 5.41) is 0. The molecule has 0 heterocycles. The van der Waals surface area contributed by atoms with Gasteiger partial charge in [-0.25, -0.2) is 8.78 Å². The van der Waals surface area contributed by atoms with Crippen molar-refractivity contribution in [1.29, 1.82) is 0 Å². The summed E-state index contributed by atoms with van der Waals surface area (Å²) in [6.07, 6.45) is 6.28. The first-order chi connectivity index (χ1) is 8.99. The number of hydrogen-bond acceptors (Lipinski definition) is 1. The van der Waals surface area contributed by atoms with Gasteiger partial charge in [0.05, 0.1) is 5.71 Å². The van der Waals surface area contributed by atoms with Gasteiger partial charge in [0.1, 0.15) is 0 Å². The van der Waals surface area contributed by atoms with Crippen LogP contribution < -0.4 is 0 Å². The van der Waals surface area contributed by atoms with Crippen molar-refractivity contribution in [3.05, 3.63) is 13.2 Å². The molecule has 0 amide bonds. The number of alkyl halides is 2. The lowest BCUT2D eigenvalue weighted by atomic mass is 10.1. The highest BCUT2D eigenvalue weighted by molar-refractivity contribution is 5.90. The highest BCUT2D eigenvalue weighted by atomic mass is 19.3. The van der Waals surface area contributed by atoms with Crippen molar-refractivity contribution in [2.75, 3.05) is 7.05 Å². The minimum atomic E-state index is -2.68. The summed E-state index contributed by atoms with van der Waals surface area (Å²) in [5.74, 6) is -2.68. The molecule has 0 N–H and O–H groups in total. The summed E-state index contributed by atoms with van der Waals surface area (Å²) < 4.78 is 25.9. The van der Waals surface area contributed by atoms with E-state index in [1.165, 1.54) is 32.7 Å². The summed E-state index contributed by atoms with van der Waals surface area (Å²) in [6.45, 7) is 13.9. The fourth-order valence-corrected chi connectivity index (χ4v) is 1.54. The molecule has 0 spiro atoms. The first-order valence-corrected chi connectivity index (χ1v) is 7.33. The van der Waals surface area contributed by atoms with Crippen LogP contribution in [0.15, 0.2) is 18.2 Å². The third kappa shape index (κ3) is 15.2. The van der Waals surface area contributed by atoms with Gasteiger partial charge in [-0.15, -0.1) is 13.2 Å². The molecule has 0 fully saturated rings. The van der Waals surface area contributed by atoms with Crippen molar-refractivity contribution in [3.8, 4) is 0 Å². The summed E-state index contributed by atoms with van der Waals surface area (Å²) in [7, 11) is 1.42. The maximum Gasteiger partial charge on any atom is 0.285 e. The second kappa shape index (κ2) is 17.3. The van der Waals surface area contributed by atoms with Gasteiger partial charge in [-0.2, -0.15) is 0 Å². The van der Waals surface area contributed by atoms with Crippen molar-refractivity contribution in [1.82, 2.24) is 0 Å². The number of unbranched alkanes of at least 4 members (excludes halogenated alkanes) is 3.